The van der Waals surface area contributed by atoms with Gasteiger partial charge in [0.05, 0.1) is 26.1 Å². The van der Waals surface area contributed by atoms with Gasteiger partial charge >= 0.3 is 0 Å². The predicted molar refractivity (Wildman–Crippen MR) is 144 cm³/mol. The van der Waals surface area contributed by atoms with Gasteiger partial charge in [0.25, 0.3) is 0 Å². The number of carbonyl (C=O) groups is 2. The van der Waals surface area contributed by atoms with E-state index in [1.165, 1.54) is 0 Å². The minimum atomic E-state index is -0.991. The number of hydrogen-bond donors (Lipinski definition) is 0. The van der Waals surface area contributed by atoms with Crippen LogP contribution in [0.4, 0.5) is 0 Å². The van der Waals surface area contributed by atoms with Gasteiger partial charge in [0.15, 0.2) is 0 Å². The SMILES string of the molecule is Cc1nc(C)n(CCC(=O)N2CCO[C@@](COc3ccc(Cl)cc3)(CC(=O)N(C)Cc3ccccc3)C2)n1. The van der Waals surface area contributed by atoms with E-state index in [4.69, 9.17) is 21.1 Å². The van der Waals surface area contributed by atoms with E-state index in [-0.39, 0.29) is 37.8 Å². The number of carbonyl (C=O) groups excluding carboxylic acids is 2. The van der Waals surface area contributed by atoms with Gasteiger partial charge in [-0.2, -0.15) is 5.10 Å². The Hall–Kier alpha value is -3.43. The lowest BCUT2D eigenvalue weighted by atomic mass is 9.96. The van der Waals surface area contributed by atoms with Gasteiger partial charge in [0.2, 0.25) is 11.8 Å². The molecule has 1 aliphatic heterocycles. The van der Waals surface area contributed by atoms with E-state index in [1.54, 1.807) is 45.8 Å². The largest absolute Gasteiger partial charge is 0.490 e. The first-order chi connectivity index (χ1) is 18.2. The summed E-state index contributed by atoms with van der Waals surface area (Å²) >= 11 is 6.01. The van der Waals surface area contributed by atoms with Gasteiger partial charge in [-0.15, -0.1) is 0 Å². The zero-order chi connectivity index (χ0) is 27.1. The highest BCUT2D eigenvalue weighted by molar-refractivity contribution is 6.30. The monoisotopic (exact) mass is 539 g/mol. The quantitative estimate of drug-likeness (QED) is 0.390. The number of morpholine rings is 1. The predicted octanol–water partition coefficient (Wildman–Crippen LogP) is 3.66. The molecule has 9 nitrogen and oxygen atoms in total. The van der Waals surface area contributed by atoms with E-state index in [2.05, 4.69) is 10.1 Å². The van der Waals surface area contributed by atoms with Gasteiger partial charge in [-0.3, -0.25) is 9.59 Å². The van der Waals surface area contributed by atoms with Crippen LogP contribution in [0, 0.1) is 13.8 Å². The molecule has 4 rings (SSSR count). The fourth-order valence-corrected chi connectivity index (χ4v) is 4.66. The summed E-state index contributed by atoms with van der Waals surface area (Å²) in [5.41, 5.74) is 0.0461. The van der Waals surface area contributed by atoms with Crippen LogP contribution in [-0.4, -0.2) is 75.3 Å². The van der Waals surface area contributed by atoms with Crippen LogP contribution in [0.2, 0.25) is 5.02 Å². The average molecular weight is 540 g/mol. The van der Waals surface area contributed by atoms with Gasteiger partial charge in [-0.1, -0.05) is 41.9 Å². The molecular formula is C28H34ClN5O4. The first kappa shape index (κ1) is 27.6. The zero-order valence-corrected chi connectivity index (χ0v) is 22.9. The fourth-order valence-electron chi connectivity index (χ4n) is 4.54. The van der Waals surface area contributed by atoms with E-state index in [0.29, 0.717) is 42.8 Å². The first-order valence-electron chi connectivity index (χ1n) is 12.7. The summed E-state index contributed by atoms with van der Waals surface area (Å²) in [6.45, 7) is 5.75. The molecule has 202 valence electrons. The topological polar surface area (TPSA) is 89.8 Å². The smallest absolute Gasteiger partial charge is 0.225 e. The van der Waals surface area contributed by atoms with Crippen molar-refractivity contribution in [2.45, 2.75) is 45.4 Å². The van der Waals surface area contributed by atoms with Crippen molar-refractivity contribution >= 4 is 23.4 Å². The highest BCUT2D eigenvalue weighted by atomic mass is 35.5. The Kier molecular flexibility index (Phi) is 9.01. The molecule has 0 aliphatic carbocycles. The lowest BCUT2D eigenvalue weighted by Gasteiger charge is -2.42. The number of aryl methyl sites for hydroxylation is 3. The molecule has 1 aromatic heterocycles. The number of rotatable bonds is 10. The summed E-state index contributed by atoms with van der Waals surface area (Å²) in [5.74, 6) is 1.95. The second-order valence-corrected chi connectivity index (χ2v) is 10.1. The summed E-state index contributed by atoms with van der Waals surface area (Å²) in [5, 5.41) is 4.95. The number of nitrogens with zero attached hydrogens (tertiary/aromatic N) is 5. The Morgan fingerprint density at radius 3 is 2.55 bits per heavy atom. The molecule has 3 aromatic rings. The molecule has 2 amide bonds. The second kappa shape index (κ2) is 12.4. The normalized spacial score (nSPS) is 17.3. The molecular weight excluding hydrogens is 506 g/mol. The van der Waals surface area contributed by atoms with Crippen molar-refractivity contribution in [2.24, 2.45) is 0 Å². The number of amides is 2. The molecule has 1 saturated heterocycles. The first-order valence-corrected chi connectivity index (χ1v) is 13.1. The molecule has 0 bridgehead atoms. The molecule has 0 saturated carbocycles. The van der Waals surface area contributed by atoms with E-state index in [0.717, 1.165) is 11.4 Å². The van der Waals surface area contributed by atoms with Crippen molar-refractivity contribution in [1.29, 1.82) is 0 Å². The van der Waals surface area contributed by atoms with Crippen molar-refractivity contribution < 1.29 is 19.1 Å². The fraction of sp³-hybridized carbons (Fsp3) is 0.429. The summed E-state index contributed by atoms with van der Waals surface area (Å²) < 4.78 is 14.0. The Bertz CT molecular complexity index is 1230. The lowest BCUT2D eigenvalue weighted by molar-refractivity contribution is -0.165. The van der Waals surface area contributed by atoms with Crippen molar-refractivity contribution in [2.75, 3.05) is 33.4 Å². The molecule has 1 fully saturated rings. The molecule has 0 spiro atoms. The Morgan fingerprint density at radius 1 is 1.13 bits per heavy atom. The highest BCUT2D eigenvalue weighted by Crippen LogP contribution is 2.27. The standard InChI is InChI=1S/C28H34ClN5O4/c1-21-30-22(2)34(31-21)14-13-26(35)33-15-16-38-28(19-33,20-37-25-11-9-24(29)10-12-25)17-27(36)32(3)18-23-7-5-4-6-8-23/h4-12H,13-20H2,1-3H3/t28-/m0/s1. The van der Waals surface area contributed by atoms with Crippen molar-refractivity contribution in [3.05, 3.63) is 76.8 Å². The summed E-state index contributed by atoms with van der Waals surface area (Å²) in [6.07, 6.45) is 0.356. The zero-order valence-electron chi connectivity index (χ0n) is 22.1. The van der Waals surface area contributed by atoms with Crippen molar-refractivity contribution in [3.8, 4) is 5.75 Å². The van der Waals surface area contributed by atoms with Crippen LogP contribution in [0.25, 0.3) is 0 Å². The van der Waals surface area contributed by atoms with Crippen LogP contribution in [0.15, 0.2) is 54.6 Å². The summed E-state index contributed by atoms with van der Waals surface area (Å²) in [7, 11) is 1.78. The number of aromatic nitrogens is 3. The van der Waals surface area contributed by atoms with E-state index >= 15 is 0 Å². The summed E-state index contributed by atoms with van der Waals surface area (Å²) in [4.78, 5) is 34.3. The van der Waals surface area contributed by atoms with Crippen LogP contribution in [0.3, 0.4) is 0 Å². The molecule has 2 aromatic carbocycles. The minimum absolute atomic E-state index is 0.0261. The maximum atomic E-state index is 13.4. The van der Waals surface area contributed by atoms with E-state index < -0.39 is 5.60 Å². The Morgan fingerprint density at radius 2 is 1.87 bits per heavy atom. The number of halogens is 1. The van der Waals surface area contributed by atoms with E-state index in [1.807, 2.05) is 44.2 Å². The molecule has 2 heterocycles. The number of ether oxygens (including phenoxy) is 2. The molecule has 1 aliphatic rings. The molecule has 1 atom stereocenters. The number of benzene rings is 2. The molecule has 0 unspecified atom stereocenters. The maximum Gasteiger partial charge on any atom is 0.225 e. The maximum absolute atomic E-state index is 13.4. The van der Waals surface area contributed by atoms with Gasteiger partial charge in [0.1, 0.15) is 29.6 Å². The Labute approximate surface area is 228 Å². The second-order valence-electron chi connectivity index (χ2n) is 9.68. The highest BCUT2D eigenvalue weighted by Gasteiger charge is 2.42. The summed E-state index contributed by atoms with van der Waals surface area (Å²) in [6, 6.07) is 16.8. The van der Waals surface area contributed by atoms with Gasteiger partial charge in [-0.25, -0.2) is 9.67 Å². The van der Waals surface area contributed by atoms with Crippen LogP contribution >= 0.6 is 11.6 Å². The molecule has 10 heteroatoms. The average Bonchev–Trinajstić information content (AvgIpc) is 3.24. The molecule has 0 N–H and O–H groups in total. The molecule has 0 radical (unpaired) electrons. The third-order valence-corrected chi connectivity index (χ3v) is 6.83. The van der Waals surface area contributed by atoms with E-state index in [9.17, 15) is 9.59 Å². The van der Waals surface area contributed by atoms with Crippen LogP contribution in [-0.2, 0) is 27.4 Å². The molecule has 38 heavy (non-hydrogen) atoms. The van der Waals surface area contributed by atoms with Crippen LogP contribution in [0.1, 0.15) is 30.1 Å². The lowest BCUT2D eigenvalue weighted by Crippen LogP contribution is -2.58. The van der Waals surface area contributed by atoms with Crippen LogP contribution < -0.4 is 4.74 Å². The van der Waals surface area contributed by atoms with Gasteiger partial charge in [-0.05, 0) is 43.7 Å². The Balaban J connectivity index is 1.46. The van der Waals surface area contributed by atoms with Crippen molar-refractivity contribution in [3.63, 3.8) is 0 Å². The van der Waals surface area contributed by atoms with Gasteiger partial charge < -0.3 is 19.3 Å². The third-order valence-electron chi connectivity index (χ3n) is 6.58. The van der Waals surface area contributed by atoms with Crippen LogP contribution in [0.5, 0.6) is 5.75 Å². The van der Waals surface area contributed by atoms with Crippen molar-refractivity contribution in [1.82, 2.24) is 24.6 Å². The van der Waals surface area contributed by atoms with Gasteiger partial charge in [0, 0.05) is 31.6 Å². The number of hydrogen-bond acceptors (Lipinski definition) is 6. The third kappa shape index (κ3) is 7.33. The minimum Gasteiger partial charge on any atom is -0.490 e.